The molecule has 182 valence electrons. The highest BCUT2D eigenvalue weighted by molar-refractivity contribution is 6.00. The third-order valence-corrected chi connectivity index (χ3v) is 7.71. The lowest BCUT2D eigenvalue weighted by atomic mass is 9.80. The molecule has 1 fully saturated rings. The number of Topliss-reactive ketones (excluding diaryl/α,β-unsaturated/α-hetero) is 1. The summed E-state index contributed by atoms with van der Waals surface area (Å²) in [6.45, 7) is 3.72. The summed E-state index contributed by atoms with van der Waals surface area (Å²) in [7, 11) is 1.67. The monoisotopic (exact) mass is 469 g/mol. The van der Waals surface area contributed by atoms with Gasteiger partial charge in [-0.2, -0.15) is 0 Å². The number of hydrogen-bond acceptors (Lipinski definition) is 4. The summed E-state index contributed by atoms with van der Waals surface area (Å²) in [4.78, 5) is 15.8. The minimum Gasteiger partial charge on any atom is -0.496 e. The Hall–Kier alpha value is -3.11. The number of nitrogens with zero attached hydrogens (tertiary/aromatic N) is 1. The van der Waals surface area contributed by atoms with Gasteiger partial charge in [-0.1, -0.05) is 48.5 Å². The van der Waals surface area contributed by atoms with Crippen LogP contribution in [0.4, 0.5) is 0 Å². The highest BCUT2D eigenvalue weighted by atomic mass is 16.5. The fourth-order valence-corrected chi connectivity index (χ4v) is 5.60. The average molecular weight is 470 g/mol. The fraction of sp³-hybridized carbons (Fsp3) is 0.387. The molecule has 4 heteroatoms. The molecule has 1 aliphatic heterocycles. The van der Waals surface area contributed by atoms with Crippen LogP contribution >= 0.6 is 0 Å². The van der Waals surface area contributed by atoms with Crippen LogP contribution in [0.3, 0.4) is 0 Å². The van der Waals surface area contributed by atoms with Gasteiger partial charge in [0.2, 0.25) is 0 Å². The van der Waals surface area contributed by atoms with Crippen molar-refractivity contribution in [3.8, 4) is 11.5 Å². The molecular formula is C31H35NO3. The number of carbonyl (C=O) groups excluding carboxylic acids is 1. The normalized spacial score (nSPS) is 18.8. The predicted octanol–water partition coefficient (Wildman–Crippen LogP) is 6.29. The van der Waals surface area contributed by atoms with E-state index in [1.54, 1.807) is 7.11 Å². The number of rotatable bonds is 8. The van der Waals surface area contributed by atoms with E-state index in [2.05, 4.69) is 35.2 Å². The summed E-state index contributed by atoms with van der Waals surface area (Å²) in [6, 6.07) is 24.7. The zero-order chi connectivity index (χ0) is 24.0. The van der Waals surface area contributed by atoms with Gasteiger partial charge in [-0.15, -0.1) is 0 Å². The number of benzene rings is 3. The molecule has 1 aliphatic carbocycles. The van der Waals surface area contributed by atoms with E-state index in [9.17, 15) is 4.79 Å². The number of fused-ring (bicyclic) bond motifs is 1. The van der Waals surface area contributed by atoms with E-state index < -0.39 is 0 Å². The van der Waals surface area contributed by atoms with Gasteiger partial charge in [0.25, 0.3) is 0 Å². The molecule has 5 rings (SSSR count). The molecule has 0 spiro atoms. The molecule has 0 radical (unpaired) electrons. The van der Waals surface area contributed by atoms with Crippen molar-refractivity contribution in [3.63, 3.8) is 0 Å². The highest BCUT2D eigenvalue weighted by Gasteiger charge is 2.29. The maximum absolute atomic E-state index is 13.2. The van der Waals surface area contributed by atoms with Crippen LogP contribution in [0.1, 0.15) is 58.6 Å². The number of aryl methyl sites for hydroxylation is 1. The summed E-state index contributed by atoms with van der Waals surface area (Å²) < 4.78 is 11.4. The van der Waals surface area contributed by atoms with Gasteiger partial charge in [-0.25, -0.2) is 0 Å². The number of piperidine rings is 1. The smallest absolute Gasteiger partial charge is 0.166 e. The van der Waals surface area contributed by atoms with E-state index in [4.69, 9.17) is 9.47 Å². The molecule has 4 nitrogen and oxygen atoms in total. The Morgan fingerprint density at radius 3 is 2.49 bits per heavy atom. The van der Waals surface area contributed by atoms with E-state index in [1.165, 1.54) is 18.4 Å². The Morgan fingerprint density at radius 2 is 1.69 bits per heavy atom. The lowest BCUT2D eigenvalue weighted by molar-refractivity contribution is 0.0877. The first-order chi connectivity index (χ1) is 17.2. The Kier molecular flexibility index (Phi) is 7.48. The van der Waals surface area contributed by atoms with E-state index in [0.717, 1.165) is 67.1 Å². The molecule has 35 heavy (non-hydrogen) atoms. The molecular weight excluding hydrogens is 434 g/mol. The van der Waals surface area contributed by atoms with Crippen LogP contribution in [0, 0.1) is 5.92 Å². The minimum atomic E-state index is 0.134. The van der Waals surface area contributed by atoms with E-state index in [1.807, 2.05) is 42.5 Å². The van der Waals surface area contributed by atoms with E-state index >= 15 is 0 Å². The van der Waals surface area contributed by atoms with Crippen LogP contribution in [0.5, 0.6) is 11.5 Å². The number of para-hydroxylation sites is 1. The molecule has 3 aromatic rings. The maximum atomic E-state index is 13.2. The van der Waals surface area contributed by atoms with Crippen LogP contribution in [-0.4, -0.2) is 37.4 Å². The van der Waals surface area contributed by atoms with Crippen LogP contribution < -0.4 is 9.47 Å². The molecule has 0 bridgehead atoms. The van der Waals surface area contributed by atoms with Crippen LogP contribution in [0.25, 0.3) is 0 Å². The average Bonchev–Trinajstić information content (AvgIpc) is 2.92. The molecule has 3 aromatic carbocycles. The van der Waals surface area contributed by atoms with Crippen molar-refractivity contribution >= 4 is 5.78 Å². The van der Waals surface area contributed by atoms with Gasteiger partial charge in [-0.05, 0) is 93.0 Å². The standard InChI is InChI=1S/C31H35NO3/c1-34-30-10-6-5-9-27(30)22-35-28-13-14-29-26(21-28)12-11-25(31(29)33)17-20-32-18-15-24(16-19-32)23-7-3-2-4-8-23/h2-10,13-14,21,24-25H,11-12,15-20,22H2,1H3. The summed E-state index contributed by atoms with van der Waals surface area (Å²) >= 11 is 0. The minimum absolute atomic E-state index is 0.134. The van der Waals surface area contributed by atoms with Gasteiger partial charge in [-0.3, -0.25) is 4.79 Å². The van der Waals surface area contributed by atoms with Gasteiger partial charge < -0.3 is 14.4 Å². The van der Waals surface area contributed by atoms with Crippen LogP contribution in [0.2, 0.25) is 0 Å². The predicted molar refractivity (Wildman–Crippen MR) is 139 cm³/mol. The number of ketones is 1. The Balaban J connectivity index is 1.12. The molecule has 0 amide bonds. The maximum Gasteiger partial charge on any atom is 0.166 e. The van der Waals surface area contributed by atoms with Gasteiger partial charge >= 0.3 is 0 Å². The van der Waals surface area contributed by atoms with Crippen molar-refractivity contribution in [2.24, 2.45) is 5.92 Å². The second-order valence-corrected chi connectivity index (χ2v) is 9.83. The van der Waals surface area contributed by atoms with Crippen molar-refractivity contribution in [2.45, 2.75) is 44.6 Å². The van der Waals surface area contributed by atoms with Crippen LogP contribution in [0.15, 0.2) is 72.8 Å². The lowest BCUT2D eigenvalue weighted by Gasteiger charge is -2.33. The lowest BCUT2D eigenvalue weighted by Crippen LogP contribution is -2.35. The van der Waals surface area contributed by atoms with Crippen molar-refractivity contribution in [1.29, 1.82) is 0 Å². The summed E-state index contributed by atoms with van der Waals surface area (Å²) in [5, 5.41) is 0. The first-order valence-corrected chi connectivity index (χ1v) is 12.9. The third kappa shape index (κ3) is 5.59. The van der Waals surface area contributed by atoms with Crippen molar-refractivity contribution in [3.05, 3.63) is 95.1 Å². The molecule has 0 saturated carbocycles. The Labute approximate surface area is 208 Å². The first-order valence-electron chi connectivity index (χ1n) is 12.9. The molecule has 1 unspecified atom stereocenters. The second-order valence-electron chi connectivity index (χ2n) is 9.83. The highest BCUT2D eigenvalue weighted by Crippen LogP contribution is 2.32. The number of ether oxygens (including phenoxy) is 2. The Morgan fingerprint density at radius 1 is 0.914 bits per heavy atom. The molecule has 2 aliphatic rings. The molecule has 1 saturated heterocycles. The quantitative estimate of drug-likeness (QED) is 0.389. The van der Waals surface area contributed by atoms with Crippen molar-refractivity contribution < 1.29 is 14.3 Å². The van der Waals surface area contributed by atoms with Gasteiger partial charge in [0.05, 0.1) is 7.11 Å². The van der Waals surface area contributed by atoms with Crippen molar-refractivity contribution in [2.75, 3.05) is 26.7 Å². The largest absolute Gasteiger partial charge is 0.496 e. The van der Waals surface area contributed by atoms with Gasteiger partial charge in [0, 0.05) is 17.0 Å². The first kappa shape index (κ1) is 23.6. The van der Waals surface area contributed by atoms with Crippen LogP contribution in [-0.2, 0) is 13.0 Å². The van der Waals surface area contributed by atoms with Gasteiger partial charge in [0.15, 0.2) is 5.78 Å². The van der Waals surface area contributed by atoms with E-state index in [-0.39, 0.29) is 5.92 Å². The third-order valence-electron chi connectivity index (χ3n) is 7.71. The SMILES string of the molecule is COc1ccccc1COc1ccc2c(c1)CCC(CCN1CCC(c3ccccc3)CC1)C2=O. The van der Waals surface area contributed by atoms with Gasteiger partial charge in [0.1, 0.15) is 18.1 Å². The molecule has 1 atom stereocenters. The molecule has 0 N–H and O–H groups in total. The fourth-order valence-electron chi connectivity index (χ4n) is 5.60. The molecule has 1 heterocycles. The summed E-state index contributed by atoms with van der Waals surface area (Å²) in [5.74, 6) is 2.75. The number of methoxy groups -OCH3 is 1. The zero-order valence-electron chi connectivity index (χ0n) is 20.6. The van der Waals surface area contributed by atoms with E-state index in [0.29, 0.717) is 18.3 Å². The summed E-state index contributed by atoms with van der Waals surface area (Å²) in [6.07, 6.45) is 5.25. The number of hydrogen-bond donors (Lipinski definition) is 0. The second kappa shape index (κ2) is 11.1. The number of carbonyl (C=O) groups is 1. The zero-order valence-corrected chi connectivity index (χ0v) is 20.6. The number of likely N-dealkylation sites (tertiary alicyclic amines) is 1. The molecule has 0 aromatic heterocycles. The van der Waals surface area contributed by atoms with Crippen molar-refractivity contribution in [1.82, 2.24) is 4.90 Å². The topological polar surface area (TPSA) is 38.8 Å². The Bertz CT molecular complexity index is 1130. The summed E-state index contributed by atoms with van der Waals surface area (Å²) in [5.41, 5.74) is 4.48.